The van der Waals surface area contributed by atoms with Crippen LogP contribution in [0.2, 0.25) is 5.02 Å². The second-order valence-electron chi connectivity index (χ2n) is 6.56. The molecule has 0 aliphatic carbocycles. The van der Waals surface area contributed by atoms with Gasteiger partial charge >= 0.3 is 10.2 Å². The Morgan fingerprint density at radius 2 is 1.88 bits per heavy atom. The van der Waals surface area contributed by atoms with Crippen molar-refractivity contribution in [1.29, 1.82) is 0 Å². The van der Waals surface area contributed by atoms with E-state index in [0.29, 0.717) is 36.7 Å². The van der Waals surface area contributed by atoms with Crippen molar-refractivity contribution in [3.8, 4) is 5.75 Å². The average Bonchev–Trinajstić information content (AvgIpc) is 2.72. The zero-order chi connectivity index (χ0) is 24.9. The van der Waals surface area contributed by atoms with Crippen molar-refractivity contribution >= 4 is 56.2 Å². The number of methoxy groups -OCH3 is 1. The highest BCUT2D eigenvalue weighted by atomic mass is 35.5. The third kappa shape index (κ3) is 6.14. The Hall–Kier alpha value is -3.32. The van der Waals surface area contributed by atoms with Crippen LogP contribution >= 0.6 is 11.6 Å². The van der Waals surface area contributed by atoms with Crippen LogP contribution in [0.15, 0.2) is 39.4 Å². The number of nitro benzene ring substituents is 1. The lowest BCUT2D eigenvalue weighted by Gasteiger charge is -2.24. The van der Waals surface area contributed by atoms with Gasteiger partial charge in [-0.3, -0.25) is 14.9 Å². The van der Waals surface area contributed by atoms with Crippen LogP contribution in [0.3, 0.4) is 0 Å². The summed E-state index contributed by atoms with van der Waals surface area (Å²) in [6.45, 7) is 6.48. The van der Waals surface area contributed by atoms with Gasteiger partial charge in [0, 0.05) is 32.1 Å². The van der Waals surface area contributed by atoms with Gasteiger partial charge in [0.05, 0.1) is 28.4 Å². The summed E-state index contributed by atoms with van der Waals surface area (Å²) < 4.78 is 41.0. The SMILES string of the molecule is CCN(CC)c1cc(NC(C)=O)c(N=Nc2c(Cl)cc(S(=O)(=O)F)cc2[N+](=O)[O-])cc1OC. The summed E-state index contributed by atoms with van der Waals surface area (Å²) in [6, 6.07) is 4.28. The van der Waals surface area contributed by atoms with E-state index < -0.39 is 42.3 Å². The second kappa shape index (κ2) is 10.5. The number of nitro groups is 1. The normalized spacial score (nSPS) is 11.5. The lowest BCUT2D eigenvalue weighted by atomic mass is 10.2. The van der Waals surface area contributed by atoms with Crippen molar-refractivity contribution in [3.05, 3.63) is 39.4 Å². The smallest absolute Gasteiger partial charge is 0.332 e. The summed E-state index contributed by atoms with van der Waals surface area (Å²) in [6.07, 6.45) is 0. The van der Waals surface area contributed by atoms with Gasteiger partial charge in [-0.1, -0.05) is 11.6 Å². The predicted molar refractivity (Wildman–Crippen MR) is 121 cm³/mol. The minimum absolute atomic E-state index is 0.0884. The zero-order valence-corrected chi connectivity index (χ0v) is 19.7. The molecule has 1 amide bonds. The fraction of sp³-hybridized carbons (Fsp3) is 0.316. The summed E-state index contributed by atoms with van der Waals surface area (Å²) in [7, 11) is -3.80. The Balaban J connectivity index is 2.70. The number of halogens is 2. The van der Waals surface area contributed by atoms with Gasteiger partial charge in [0.15, 0.2) is 5.69 Å². The molecule has 14 heteroatoms. The molecule has 33 heavy (non-hydrogen) atoms. The first-order chi connectivity index (χ1) is 15.4. The number of azo groups is 1. The molecule has 11 nitrogen and oxygen atoms in total. The third-order valence-corrected chi connectivity index (χ3v) is 5.55. The lowest BCUT2D eigenvalue weighted by molar-refractivity contribution is -0.384. The molecular weight excluding hydrogens is 481 g/mol. The number of carbonyl (C=O) groups excluding carboxylic acids is 1. The van der Waals surface area contributed by atoms with Gasteiger partial charge < -0.3 is 15.0 Å². The summed E-state index contributed by atoms with van der Waals surface area (Å²) >= 11 is 5.95. The van der Waals surface area contributed by atoms with Gasteiger partial charge in [-0.25, -0.2) is 0 Å². The van der Waals surface area contributed by atoms with Crippen LogP contribution in [0, 0.1) is 10.1 Å². The minimum Gasteiger partial charge on any atom is -0.494 e. The number of benzene rings is 2. The highest BCUT2D eigenvalue weighted by molar-refractivity contribution is 7.86. The van der Waals surface area contributed by atoms with Crippen LogP contribution in [-0.2, 0) is 15.0 Å². The van der Waals surface area contributed by atoms with E-state index in [1.165, 1.54) is 20.1 Å². The molecule has 0 radical (unpaired) electrons. The largest absolute Gasteiger partial charge is 0.494 e. The molecule has 0 heterocycles. The first-order valence-electron chi connectivity index (χ1n) is 9.51. The van der Waals surface area contributed by atoms with E-state index in [1.54, 1.807) is 6.07 Å². The topological polar surface area (TPSA) is 144 Å². The number of hydrogen-bond donors (Lipinski definition) is 1. The molecule has 2 rings (SSSR count). The Kier molecular flexibility index (Phi) is 8.28. The van der Waals surface area contributed by atoms with Crippen molar-refractivity contribution in [2.45, 2.75) is 25.7 Å². The van der Waals surface area contributed by atoms with E-state index in [-0.39, 0.29) is 11.4 Å². The molecule has 0 saturated carbocycles. The third-order valence-electron chi connectivity index (χ3n) is 4.46. The van der Waals surface area contributed by atoms with E-state index in [1.807, 2.05) is 18.7 Å². The molecule has 0 aliphatic heterocycles. The van der Waals surface area contributed by atoms with Crippen LogP contribution in [0.5, 0.6) is 5.75 Å². The zero-order valence-electron chi connectivity index (χ0n) is 18.1. The van der Waals surface area contributed by atoms with Crippen molar-refractivity contribution in [3.63, 3.8) is 0 Å². The average molecular weight is 502 g/mol. The Labute approximate surface area is 194 Å². The summed E-state index contributed by atoms with van der Waals surface area (Å²) in [4.78, 5) is 23.1. The number of rotatable bonds is 9. The van der Waals surface area contributed by atoms with E-state index in [4.69, 9.17) is 16.3 Å². The first-order valence-corrected chi connectivity index (χ1v) is 11.3. The molecule has 0 fully saturated rings. The number of carbonyl (C=O) groups is 1. The Morgan fingerprint density at radius 3 is 2.36 bits per heavy atom. The van der Waals surface area contributed by atoms with Crippen molar-refractivity contribution < 1.29 is 26.8 Å². The van der Waals surface area contributed by atoms with Crippen molar-refractivity contribution in [2.24, 2.45) is 10.2 Å². The molecule has 0 atom stereocenters. The van der Waals surface area contributed by atoms with Gasteiger partial charge in [-0.15, -0.1) is 14.1 Å². The van der Waals surface area contributed by atoms with Gasteiger partial charge in [-0.05, 0) is 26.0 Å². The number of nitrogens with one attached hydrogen (secondary N) is 1. The molecule has 1 N–H and O–H groups in total. The fourth-order valence-corrected chi connectivity index (χ4v) is 3.78. The van der Waals surface area contributed by atoms with E-state index in [0.717, 1.165) is 0 Å². The molecule has 0 spiro atoms. The maximum Gasteiger partial charge on any atom is 0.332 e. The summed E-state index contributed by atoms with van der Waals surface area (Å²) in [5.41, 5.74) is -0.349. The second-order valence-corrected chi connectivity index (χ2v) is 8.32. The molecule has 2 aromatic carbocycles. The quantitative estimate of drug-likeness (QED) is 0.217. The summed E-state index contributed by atoms with van der Waals surface area (Å²) in [5, 5.41) is 21.3. The number of amides is 1. The molecule has 0 unspecified atom stereocenters. The number of hydrogen-bond acceptors (Lipinski definition) is 9. The van der Waals surface area contributed by atoms with Crippen molar-refractivity contribution in [1.82, 2.24) is 0 Å². The molecule has 0 bridgehead atoms. The van der Waals surface area contributed by atoms with Gasteiger partial charge in [0.25, 0.3) is 5.69 Å². The summed E-state index contributed by atoms with van der Waals surface area (Å²) in [5.74, 6) is 0.00449. The van der Waals surface area contributed by atoms with Crippen LogP contribution in [0.1, 0.15) is 20.8 Å². The van der Waals surface area contributed by atoms with E-state index >= 15 is 0 Å². The maximum absolute atomic E-state index is 13.3. The highest BCUT2D eigenvalue weighted by Crippen LogP contribution is 2.42. The van der Waals surface area contributed by atoms with Crippen LogP contribution in [0.4, 0.5) is 32.3 Å². The standard InChI is InChI=1S/C19H21ClFN5O6S/c1-5-25(6-2)16-9-14(22-11(3)27)15(10-18(16)32-4)23-24-19-13(20)7-12(33(21,30)31)8-17(19)26(28)29/h7-10H,5-6H2,1-4H3,(H,22,27). The predicted octanol–water partition coefficient (Wildman–Crippen LogP) is 5.14. The van der Waals surface area contributed by atoms with E-state index in [2.05, 4.69) is 15.5 Å². The fourth-order valence-electron chi connectivity index (χ4n) is 2.95. The van der Waals surface area contributed by atoms with Gasteiger partial charge in [0.1, 0.15) is 16.3 Å². The molecule has 0 aliphatic rings. The molecule has 0 saturated heterocycles. The molecule has 2 aromatic rings. The number of ether oxygens (including phenoxy) is 1. The minimum atomic E-state index is -5.24. The van der Waals surface area contributed by atoms with Crippen LogP contribution in [0.25, 0.3) is 0 Å². The number of nitrogens with zero attached hydrogens (tertiary/aromatic N) is 4. The Morgan fingerprint density at radius 1 is 1.24 bits per heavy atom. The van der Waals surface area contributed by atoms with Crippen molar-refractivity contribution in [2.75, 3.05) is 30.4 Å². The monoisotopic (exact) mass is 501 g/mol. The van der Waals surface area contributed by atoms with Gasteiger partial charge in [0.2, 0.25) is 5.91 Å². The molecular formula is C19H21ClFN5O6S. The maximum atomic E-state index is 13.3. The van der Waals surface area contributed by atoms with Crippen LogP contribution in [-0.4, -0.2) is 39.4 Å². The highest BCUT2D eigenvalue weighted by Gasteiger charge is 2.25. The van der Waals surface area contributed by atoms with Gasteiger partial charge in [-0.2, -0.15) is 8.42 Å². The molecule has 178 valence electrons. The van der Waals surface area contributed by atoms with Crippen LogP contribution < -0.4 is 15.0 Å². The van der Waals surface area contributed by atoms with E-state index in [9.17, 15) is 27.2 Å². The number of anilines is 2. The Bertz CT molecular complexity index is 1220. The first kappa shape index (κ1) is 25.9. The molecule has 0 aromatic heterocycles. The lowest BCUT2D eigenvalue weighted by Crippen LogP contribution is -2.22.